The highest BCUT2D eigenvalue weighted by Crippen LogP contribution is 2.38. The number of benzene rings is 6. The molecule has 2 aromatic heterocycles. The number of nitrogens with one attached hydrogen (secondary N) is 2. The number of hydrogen-bond donors (Lipinski definition) is 2. The zero-order chi connectivity index (χ0) is 49.9. The second-order valence-electron chi connectivity index (χ2n) is 20.0. The molecule has 374 valence electrons. The fourth-order valence-corrected chi connectivity index (χ4v) is 11.3. The van der Waals surface area contributed by atoms with Gasteiger partial charge < -0.3 is 38.4 Å². The first-order valence-corrected chi connectivity index (χ1v) is 25.5. The third kappa shape index (κ3) is 10.6. The Balaban J connectivity index is 0.846. The van der Waals surface area contributed by atoms with Crippen molar-refractivity contribution in [1.82, 2.24) is 19.8 Å². The maximum atomic E-state index is 14.1. The average Bonchev–Trinajstić information content (AvgIpc) is 3.98. The van der Waals surface area contributed by atoms with E-state index in [1.165, 1.54) is 11.1 Å². The van der Waals surface area contributed by atoms with Crippen LogP contribution in [0.2, 0.25) is 0 Å². The number of rotatable bonds is 16. The highest BCUT2D eigenvalue weighted by molar-refractivity contribution is 6.29. The quantitative estimate of drug-likeness (QED) is 0.0713. The maximum Gasteiger partial charge on any atom is 0.417 e. The van der Waals surface area contributed by atoms with Gasteiger partial charge in [0.05, 0.1) is 14.2 Å². The Morgan fingerprint density at radius 2 is 0.958 bits per heavy atom. The number of hydrogen-bond acceptors (Lipinski definition) is 10. The number of carbonyl (C=O) groups is 2. The predicted molar refractivity (Wildman–Crippen MR) is 284 cm³/mol. The molecule has 2 N–H and O–H groups in total. The van der Waals surface area contributed by atoms with Crippen LogP contribution in [-0.4, -0.2) is 110 Å². The summed E-state index contributed by atoms with van der Waals surface area (Å²) in [6.07, 6.45) is 2.11. The van der Waals surface area contributed by atoms with Crippen molar-refractivity contribution < 1.29 is 38.0 Å². The lowest BCUT2D eigenvalue weighted by Gasteiger charge is -2.39. The Morgan fingerprint density at radius 1 is 0.542 bits per heavy atom. The van der Waals surface area contributed by atoms with Crippen molar-refractivity contribution in [3.8, 4) is 23.0 Å². The SMILES string of the molecule is COc1cccc2ccc([C@@H]3CCN(C[C@@H](COc4cccc5[nH]c(C)cc45)OC(=O)C(=O)O[C@H](COc4cccc5[nH]c(C)cc45)CN4CC[C@@H](c5ccc6cccc(OC)c6c5)C[C@H]4C)[C@H](C)C3)cc12. The number of piperidine rings is 2. The van der Waals surface area contributed by atoms with E-state index in [1.807, 2.05) is 86.6 Å². The first-order valence-electron chi connectivity index (χ1n) is 25.5. The molecule has 0 unspecified atom stereocenters. The third-order valence-corrected chi connectivity index (χ3v) is 15.1. The predicted octanol–water partition coefficient (Wildman–Crippen LogP) is 11.4. The van der Waals surface area contributed by atoms with E-state index in [0.717, 1.165) is 105 Å². The topological polar surface area (TPSA) is 128 Å². The molecule has 0 amide bonds. The van der Waals surface area contributed by atoms with Gasteiger partial charge in [0.25, 0.3) is 0 Å². The molecule has 72 heavy (non-hydrogen) atoms. The lowest BCUT2D eigenvalue weighted by atomic mass is 9.85. The fraction of sp³-hybridized carbons (Fsp3) is 0.367. The number of nitrogens with zero attached hydrogens (tertiary/aromatic N) is 2. The number of aryl methyl sites for hydroxylation is 2. The van der Waals surface area contributed by atoms with Gasteiger partial charge >= 0.3 is 11.9 Å². The lowest BCUT2D eigenvalue weighted by molar-refractivity contribution is -0.177. The second kappa shape index (κ2) is 21.4. The summed E-state index contributed by atoms with van der Waals surface area (Å²) in [5.41, 5.74) is 6.49. The van der Waals surface area contributed by atoms with E-state index in [4.69, 9.17) is 28.4 Å². The van der Waals surface area contributed by atoms with Crippen molar-refractivity contribution in [2.45, 2.75) is 89.5 Å². The first kappa shape index (κ1) is 48.6. The fourth-order valence-electron chi connectivity index (χ4n) is 11.3. The number of methoxy groups -OCH3 is 2. The van der Waals surface area contributed by atoms with Gasteiger partial charge in [-0.1, -0.05) is 60.7 Å². The van der Waals surface area contributed by atoms with Crippen LogP contribution in [-0.2, 0) is 19.1 Å². The smallest absolute Gasteiger partial charge is 0.417 e. The number of esters is 2. The van der Waals surface area contributed by atoms with Gasteiger partial charge in [-0.25, -0.2) is 9.59 Å². The Labute approximate surface area is 421 Å². The van der Waals surface area contributed by atoms with Gasteiger partial charge in [0, 0.05) is 69.1 Å². The molecule has 4 heterocycles. The molecule has 6 atom stereocenters. The van der Waals surface area contributed by atoms with Crippen molar-refractivity contribution in [1.29, 1.82) is 0 Å². The van der Waals surface area contributed by atoms with Crippen LogP contribution in [0.15, 0.2) is 121 Å². The number of fused-ring (bicyclic) bond motifs is 4. The van der Waals surface area contributed by atoms with Crippen LogP contribution in [0.25, 0.3) is 43.4 Å². The van der Waals surface area contributed by atoms with E-state index in [-0.39, 0.29) is 25.3 Å². The van der Waals surface area contributed by atoms with Gasteiger partial charge in [0.15, 0.2) is 0 Å². The molecule has 0 radical (unpaired) electrons. The van der Waals surface area contributed by atoms with Crippen molar-refractivity contribution in [2.24, 2.45) is 0 Å². The Morgan fingerprint density at radius 3 is 1.38 bits per heavy atom. The first-order chi connectivity index (χ1) is 35.0. The number of carbonyl (C=O) groups excluding carboxylic acids is 2. The summed E-state index contributed by atoms with van der Waals surface area (Å²) in [7, 11) is 3.43. The Kier molecular flexibility index (Phi) is 14.4. The van der Waals surface area contributed by atoms with Gasteiger partial charge in [0.1, 0.15) is 48.4 Å². The molecule has 8 aromatic rings. The average molecular weight is 971 g/mol. The van der Waals surface area contributed by atoms with Gasteiger partial charge in [-0.05, 0) is 161 Å². The summed E-state index contributed by atoms with van der Waals surface area (Å²) in [6.45, 7) is 10.8. The molecule has 2 aliphatic heterocycles. The van der Waals surface area contributed by atoms with Gasteiger partial charge in [-0.2, -0.15) is 0 Å². The van der Waals surface area contributed by atoms with E-state index in [9.17, 15) is 9.59 Å². The number of likely N-dealkylation sites (tertiary alicyclic amines) is 2. The number of aromatic amines is 2. The van der Waals surface area contributed by atoms with Crippen molar-refractivity contribution in [3.63, 3.8) is 0 Å². The molecular weight excluding hydrogens is 905 g/mol. The monoisotopic (exact) mass is 970 g/mol. The molecule has 0 aliphatic carbocycles. The third-order valence-electron chi connectivity index (χ3n) is 15.1. The summed E-state index contributed by atoms with van der Waals surface area (Å²) in [5, 5.41) is 6.38. The molecule has 10 rings (SSSR count). The molecule has 6 aromatic carbocycles. The normalized spacial score (nSPS) is 19.6. The van der Waals surface area contributed by atoms with E-state index >= 15 is 0 Å². The number of ether oxygens (including phenoxy) is 6. The standard InChI is InChI=1S/C60H66N4O8/c1-37-27-51-53(61-37)13-9-17-57(51)69-35-47(33-63-25-23-45(29-39(63)3)43-21-19-41-11-7-15-55(67-5)49(41)31-43)71-59(65)60(66)72-48(36-70-58-18-10-14-54-52(58)28-38(2)62-54)34-64-26-24-46(30-40(64)4)44-22-20-42-12-8-16-56(68-6)50(42)32-44/h7-22,27-28,31-32,39-40,45-48,61-62H,23-26,29-30,33-36H2,1-6H3/t39-,40-,45-,46-,47+,48+/m1/s1. The second-order valence-corrected chi connectivity index (χ2v) is 20.0. The lowest BCUT2D eigenvalue weighted by Crippen LogP contribution is -2.48. The van der Waals surface area contributed by atoms with E-state index in [2.05, 4.69) is 82.1 Å². The minimum Gasteiger partial charge on any atom is -0.496 e. The Bertz CT molecular complexity index is 3000. The molecule has 0 spiro atoms. The molecule has 2 fully saturated rings. The summed E-state index contributed by atoms with van der Waals surface area (Å²) < 4.78 is 36.7. The molecule has 0 bridgehead atoms. The van der Waals surface area contributed by atoms with E-state index in [1.54, 1.807) is 14.2 Å². The van der Waals surface area contributed by atoms with Crippen LogP contribution in [0.4, 0.5) is 0 Å². The molecule has 12 heteroatoms. The van der Waals surface area contributed by atoms with Crippen LogP contribution < -0.4 is 18.9 Å². The van der Waals surface area contributed by atoms with Gasteiger partial charge in [-0.3, -0.25) is 9.80 Å². The minimum atomic E-state index is -1.06. The zero-order valence-corrected chi connectivity index (χ0v) is 42.2. The zero-order valence-electron chi connectivity index (χ0n) is 42.2. The molecule has 2 aliphatic rings. The Hall–Kier alpha value is -7.02. The summed E-state index contributed by atoms with van der Waals surface area (Å²) >= 11 is 0. The van der Waals surface area contributed by atoms with Crippen LogP contribution in [0, 0.1) is 13.8 Å². The molecular formula is C60H66N4O8. The summed E-state index contributed by atoms with van der Waals surface area (Å²) in [4.78, 5) is 39.7. The molecule has 0 saturated carbocycles. The maximum absolute atomic E-state index is 14.1. The minimum absolute atomic E-state index is 0.0442. The number of H-pyrrole nitrogens is 2. The van der Waals surface area contributed by atoms with Gasteiger partial charge in [-0.15, -0.1) is 0 Å². The van der Waals surface area contributed by atoms with E-state index in [0.29, 0.717) is 36.4 Å². The van der Waals surface area contributed by atoms with E-state index < -0.39 is 24.1 Å². The molecule has 12 nitrogen and oxygen atoms in total. The number of aromatic nitrogens is 2. The van der Waals surface area contributed by atoms with Crippen molar-refractivity contribution in [3.05, 3.63) is 144 Å². The van der Waals surface area contributed by atoms with Crippen molar-refractivity contribution in [2.75, 3.05) is 53.6 Å². The highest BCUT2D eigenvalue weighted by atomic mass is 16.6. The van der Waals surface area contributed by atoms with Crippen LogP contribution >= 0.6 is 0 Å². The van der Waals surface area contributed by atoms with Crippen LogP contribution in [0.3, 0.4) is 0 Å². The van der Waals surface area contributed by atoms with Crippen LogP contribution in [0.1, 0.15) is 73.9 Å². The van der Waals surface area contributed by atoms with Crippen molar-refractivity contribution >= 4 is 55.3 Å². The largest absolute Gasteiger partial charge is 0.496 e. The van der Waals surface area contributed by atoms with Crippen LogP contribution in [0.5, 0.6) is 23.0 Å². The highest BCUT2D eigenvalue weighted by Gasteiger charge is 2.34. The summed E-state index contributed by atoms with van der Waals surface area (Å²) in [6, 6.07) is 41.7. The molecule has 2 saturated heterocycles. The summed E-state index contributed by atoms with van der Waals surface area (Å²) in [5.74, 6) is 1.64. The van der Waals surface area contributed by atoms with Gasteiger partial charge in [0.2, 0.25) is 0 Å².